The molecule has 0 aliphatic heterocycles. The molecule has 4 heteroatoms. The fraction of sp³-hybridized carbons (Fsp3) is 0.333. The summed E-state index contributed by atoms with van der Waals surface area (Å²) in [5.41, 5.74) is 5.42. The lowest BCUT2D eigenvalue weighted by atomic mass is 10.4. The van der Waals surface area contributed by atoms with Crippen molar-refractivity contribution in [1.82, 2.24) is 0 Å². The van der Waals surface area contributed by atoms with Crippen molar-refractivity contribution in [3.05, 3.63) is 60.7 Å². The minimum absolute atomic E-state index is 0.0365. The Kier molecular flexibility index (Phi) is 5.18. The van der Waals surface area contributed by atoms with Gasteiger partial charge in [-0.2, -0.15) is 0 Å². The zero-order valence-corrected chi connectivity index (χ0v) is 14.7. The summed E-state index contributed by atoms with van der Waals surface area (Å²) in [7, 11) is -2.87. The molecule has 2 N–H and O–H groups in total. The Morgan fingerprint density at radius 1 is 0.864 bits per heavy atom. The Bertz CT molecular complexity index is 540. The fourth-order valence-corrected chi connectivity index (χ4v) is 6.02. The molecule has 0 fully saturated rings. The van der Waals surface area contributed by atoms with Crippen LogP contribution in [0, 0.1) is 0 Å². The molecule has 0 aliphatic rings. The van der Waals surface area contributed by atoms with E-state index in [9.17, 15) is 0 Å². The maximum absolute atomic E-state index is 6.42. The molecule has 118 valence electrons. The molecule has 0 heterocycles. The van der Waals surface area contributed by atoms with Crippen molar-refractivity contribution in [3.8, 4) is 0 Å². The van der Waals surface area contributed by atoms with Gasteiger partial charge in [0.25, 0.3) is 0 Å². The molecule has 3 nitrogen and oxygen atoms in total. The minimum Gasteiger partial charge on any atom is -0.385 e. The van der Waals surface area contributed by atoms with Crippen molar-refractivity contribution in [1.29, 1.82) is 0 Å². The van der Waals surface area contributed by atoms with E-state index in [1.807, 2.05) is 64.1 Å². The molecule has 2 aromatic rings. The fourth-order valence-electron chi connectivity index (χ4n) is 2.46. The summed E-state index contributed by atoms with van der Waals surface area (Å²) in [4.78, 5) is 0. The number of hydrogen-bond acceptors (Lipinski definition) is 3. The molecular formula is C18H25NO2Si. The summed E-state index contributed by atoms with van der Waals surface area (Å²) in [6.07, 6.45) is 0.0365. The molecule has 0 aromatic heterocycles. The standard InChI is InChI=1S/C18H25NO2Si/c1-15(2)20-22(21-18(3,4)19,16-11-7-5-8-12-16)17-13-9-6-10-14-17/h5-15H,19H2,1-4H3. The number of nitrogens with two attached hydrogens (primary N) is 1. The van der Waals surface area contributed by atoms with E-state index in [0.717, 1.165) is 10.4 Å². The first-order valence-electron chi connectivity index (χ1n) is 7.61. The summed E-state index contributed by atoms with van der Waals surface area (Å²) in [5.74, 6) is 0. The summed E-state index contributed by atoms with van der Waals surface area (Å²) < 4.78 is 12.8. The second kappa shape index (κ2) is 6.75. The van der Waals surface area contributed by atoms with E-state index >= 15 is 0 Å². The smallest absolute Gasteiger partial charge is 0.385 e. The van der Waals surface area contributed by atoms with Gasteiger partial charge in [-0.05, 0) is 38.1 Å². The van der Waals surface area contributed by atoms with Crippen molar-refractivity contribution >= 4 is 18.9 Å². The van der Waals surface area contributed by atoms with Gasteiger partial charge in [-0.3, -0.25) is 0 Å². The number of benzene rings is 2. The van der Waals surface area contributed by atoms with Gasteiger partial charge in [0.15, 0.2) is 0 Å². The van der Waals surface area contributed by atoms with Gasteiger partial charge >= 0.3 is 8.56 Å². The minimum atomic E-state index is -2.87. The van der Waals surface area contributed by atoms with Crippen LogP contribution in [0.1, 0.15) is 27.7 Å². The van der Waals surface area contributed by atoms with Crippen molar-refractivity contribution in [2.45, 2.75) is 39.5 Å². The van der Waals surface area contributed by atoms with Crippen LogP contribution in [0.25, 0.3) is 0 Å². The van der Waals surface area contributed by atoms with Crippen LogP contribution in [0.5, 0.6) is 0 Å². The highest BCUT2D eigenvalue weighted by Crippen LogP contribution is 2.17. The highest BCUT2D eigenvalue weighted by Gasteiger charge is 2.46. The quantitative estimate of drug-likeness (QED) is 0.657. The van der Waals surface area contributed by atoms with E-state index in [1.165, 1.54) is 0 Å². The SMILES string of the molecule is CC(C)O[Si](OC(C)(C)N)(c1ccccc1)c1ccccc1. The van der Waals surface area contributed by atoms with E-state index in [-0.39, 0.29) is 6.10 Å². The van der Waals surface area contributed by atoms with Gasteiger partial charge in [-0.15, -0.1) is 0 Å². The van der Waals surface area contributed by atoms with Crippen LogP contribution in [-0.2, 0) is 8.85 Å². The van der Waals surface area contributed by atoms with Crippen LogP contribution >= 0.6 is 0 Å². The highest BCUT2D eigenvalue weighted by atomic mass is 28.4. The van der Waals surface area contributed by atoms with Crippen LogP contribution in [0.2, 0.25) is 0 Å². The maximum Gasteiger partial charge on any atom is 0.408 e. The molecule has 0 aliphatic carbocycles. The van der Waals surface area contributed by atoms with Crippen molar-refractivity contribution < 1.29 is 8.85 Å². The molecule has 0 unspecified atom stereocenters. The van der Waals surface area contributed by atoms with Crippen LogP contribution in [0.3, 0.4) is 0 Å². The first-order chi connectivity index (χ1) is 10.3. The van der Waals surface area contributed by atoms with E-state index in [2.05, 4.69) is 24.3 Å². The van der Waals surface area contributed by atoms with Gasteiger partial charge in [-0.1, -0.05) is 60.7 Å². The largest absolute Gasteiger partial charge is 0.408 e. The maximum atomic E-state index is 6.42. The first-order valence-corrected chi connectivity index (χ1v) is 9.43. The van der Waals surface area contributed by atoms with Crippen LogP contribution in [0.4, 0.5) is 0 Å². The third kappa shape index (κ3) is 4.05. The Morgan fingerprint density at radius 2 is 1.27 bits per heavy atom. The topological polar surface area (TPSA) is 44.5 Å². The lowest BCUT2D eigenvalue weighted by molar-refractivity contribution is 0.0554. The van der Waals surface area contributed by atoms with E-state index in [0.29, 0.717) is 0 Å². The van der Waals surface area contributed by atoms with Gasteiger partial charge in [0.2, 0.25) is 0 Å². The summed E-state index contributed by atoms with van der Waals surface area (Å²) in [6.45, 7) is 7.79. The summed E-state index contributed by atoms with van der Waals surface area (Å²) in [6, 6.07) is 20.3. The Balaban J connectivity index is 2.63. The highest BCUT2D eigenvalue weighted by molar-refractivity contribution is 6.92. The van der Waals surface area contributed by atoms with Crippen LogP contribution in [-0.4, -0.2) is 20.4 Å². The van der Waals surface area contributed by atoms with E-state index < -0.39 is 14.3 Å². The third-order valence-electron chi connectivity index (χ3n) is 3.12. The molecule has 0 bridgehead atoms. The predicted octanol–water partition coefficient (Wildman–Crippen LogP) is 2.38. The van der Waals surface area contributed by atoms with Crippen LogP contribution < -0.4 is 16.1 Å². The van der Waals surface area contributed by atoms with Gasteiger partial charge in [0.1, 0.15) is 5.72 Å². The van der Waals surface area contributed by atoms with Gasteiger partial charge in [0.05, 0.1) is 0 Å². The average molecular weight is 315 g/mol. The molecular weight excluding hydrogens is 290 g/mol. The molecule has 0 saturated carbocycles. The zero-order valence-electron chi connectivity index (χ0n) is 13.7. The molecule has 2 aromatic carbocycles. The first kappa shape index (κ1) is 16.9. The number of hydrogen-bond donors (Lipinski definition) is 1. The monoisotopic (exact) mass is 315 g/mol. The second-order valence-corrected chi connectivity index (χ2v) is 9.05. The van der Waals surface area contributed by atoms with Crippen LogP contribution in [0.15, 0.2) is 60.7 Å². The zero-order chi connectivity index (χ0) is 16.2. The Morgan fingerprint density at radius 3 is 1.59 bits per heavy atom. The predicted molar refractivity (Wildman–Crippen MR) is 93.5 cm³/mol. The van der Waals surface area contributed by atoms with Gasteiger partial charge in [-0.25, -0.2) is 0 Å². The molecule has 0 atom stereocenters. The molecule has 0 amide bonds. The lowest BCUT2D eigenvalue weighted by Gasteiger charge is -2.38. The van der Waals surface area contributed by atoms with Gasteiger partial charge in [0, 0.05) is 6.10 Å². The lowest BCUT2D eigenvalue weighted by Crippen LogP contribution is -2.68. The van der Waals surface area contributed by atoms with Crippen molar-refractivity contribution in [2.75, 3.05) is 0 Å². The van der Waals surface area contributed by atoms with Crippen molar-refractivity contribution in [3.63, 3.8) is 0 Å². The Hall–Kier alpha value is -1.46. The van der Waals surface area contributed by atoms with E-state index in [4.69, 9.17) is 14.6 Å². The summed E-state index contributed by atoms with van der Waals surface area (Å²) in [5, 5.41) is 2.13. The number of rotatable bonds is 6. The van der Waals surface area contributed by atoms with E-state index in [1.54, 1.807) is 0 Å². The van der Waals surface area contributed by atoms with Crippen molar-refractivity contribution in [2.24, 2.45) is 5.73 Å². The second-order valence-electron chi connectivity index (χ2n) is 6.22. The normalized spacial score (nSPS) is 12.6. The molecule has 0 radical (unpaired) electrons. The molecule has 2 rings (SSSR count). The molecule has 0 saturated heterocycles. The third-order valence-corrected chi connectivity index (χ3v) is 6.92. The Labute approximate surface area is 134 Å². The molecule has 22 heavy (non-hydrogen) atoms. The molecule has 0 spiro atoms. The summed E-state index contributed by atoms with van der Waals surface area (Å²) >= 11 is 0. The van der Waals surface area contributed by atoms with Gasteiger partial charge < -0.3 is 14.6 Å². The average Bonchev–Trinajstić information content (AvgIpc) is 2.46.